The van der Waals surface area contributed by atoms with Crippen molar-refractivity contribution < 1.29 is 23.1 Å². The van der Waals surface area contributed by atoms with Crippen molar-refractivity contribution in [1.82, 2.24) is 20.2 Å². The second kappa shape index (κ2) is 5.37. The van der Waals surface area contributed by atoms with Crippen LogP contribution in [0.15, 0.2) is 0 Å². The highest BCUT2D eigenvalue weighted by molar-refractivity contribution is 5.71. The average molecular weight is 292 g/mol. The lowest BCUT2D eigenvalue weighted by Crippen LogP contribution is -2.34. The highest BCUT2D eigenvalue weighted by Crippen LogP contribution is 2.45. The van der Waals surface area contributed by atoms with Crippen molar-refractivity contribution >= 4 is 5.97 Å². The van der Waals surface area contributed by atoms with E-state index in [2.05, 4.69) is 15.5 Å². The normalized spacial score (nSPS) is 25.4. The molecule has 0 bridgehead atoms. The first-order chi connectivity index (χ1) is 9.32. The van der Waals surface area contributed by atoms with E-state index in [4.69, 9.17) is 5.11 Å². The monoisotopic (exact) mass is 292 g/mol. The Morgan fingerprint density at radius 1 is 1.40 bits per heavy atom. The van der Waals surface area contributed by atoms with E-state index in [-0.39, 0.29) is 12.2 Å². The Bertz CT molecular complexity index is 488. The van der Waals surface area contributed by atoms with Crippen molar-refractivity contribution in [3.8, 4) is 0 Å². The number of carbonyl (C=O) groups is 1. The summed E-state index contributed by atoms with van der Waals surface area (Å²) < 4.78 is 40.2. The number of aliphatic carboxylic acids is 1. The number of carboxylic acid groups (broad SMARTS) is 1. The Labute approximate surface area is 113 Å². The summed E-state index contributed by atoms with van der Waals surface area (Å²) in [6.07, 6.45) is -2.81. The summed E-state index contributed by atoms with van der Waals surface area (Å²) in [4.78, 5) is 11.0. The molecule has 1 N–H and O–H groups in total. The molecule has 3 atom stereocenters. The van der Waals surface area contributed by atoms with Crippen LogP contribution in [0.5, 0.6) is 0 Å². The van der Waals surface area contributed by atoms with E-state index in [1.165, 1.54) is 6.92 Å². The van der Waals surface area contributed by atoms with E-state index >= 15 is 0 Å². The van der Waals surface area contributed by atoms with Crippen molar-refractivity contribution in [2.24, 2.45) is 5.92 Å². The van der Waals surface area contributed by atoms with E-state index in [0.29, 0.717) is 19.3 Å². The number of hydrogen-bond donors (Lipinski definition) is 1. The minimum Gasteiger partial charge on any atom is -0.480 e. The van der Waals surface area contributed by atoms with Gasteiger partial charge in [-0.15, -0.1) is 5.10 Å². The summed E-state index contributed by atoms with van der Waals surface area (Å²) in [7, 11) is 0. The van der Waals surface area contributed by atoms with Crippen LogP contribution in [0.2, 0.25) is 0 Å². The maximum Gasteiger partial charge on any atom is 0.392 e. The second-order valence-corrected chi connectivity index (χ2v) is 5.03. The molecule has 9 heteroatoms. The predicted molar refractivity (Wildman–Crippen MR) is 60.9 cm³/mol. The molecule has 1 fully saturated rings. The van der Waals surface area contributed by atoms with Gasteiger partial charge < -0.3 is 5.11 Å². The van der Waals surface area contributed by atoms with Crippen molar-refractivity contribution in [3.63, 3.8) is 0 Å². The number of tetrazole rings is 1. The fourth-order valence-corrected chi connectivity index (χ4v) is 2.66. The van der Waals surface area contributed by atoms with Gasteiger partial charge >= 0.3 is 12.1 Å². The molecular formula is C11H15F3N4O2. The van der Waals surface area contributed by atoms with E-state index in [1.54, 1.807) is 0 Å². The highest BCUT2D eigenvalue weighted by Gasteiger charge is 2.48. The van der Waals surface area contributed by atoms with Gasteiger partial charge in [-0.3, -0.25) is 0 Å². The van der Waals surface area contributed by atoms with Crippen molar-refractivity contribution in [2.45, 2.75) is 50.7 Å². The standard InChI is InChI=1S/C11H15F3N4O2/c1-6(10(19)20)18-9(15-16-17-18)7-4-2-3-5-8(7)11(12,13)14/h6-8H,2-5H2,1H3,(H,19,20). The van der Waals surface area contributed by atoms with Gasteiger partial charge in [0.1, 0.15) is 6.04 Å². The summed E-state index contributed by atoms with van der Waals surface area (Å²) in [5.41, 5.74) is 0. The van der Waals surface area contributed by atoms with Gasteiger partial charge in [-0.05, 0) is 30.2 Å². The lowest BCUT2D eigenvalue weighted by molar-refractivity contribution is -0.188. The Kier molecular flexibility index (Phi) is 3.96. The van der Waals surface area contributed by atoms with E-state index in [0.717, 1.165) is 4.68 Å². The molecule has 1 aliphatic rings. The molecule has 0 spiro atoms. The molecule has 1 aromatic heterocycles. The zero-order valence-electron chi connectivity index (χ0n) is 10.8. The van der Waals surface area contributed by atoms with Crippen LogP contribution in [0.1, 0.15) is 50.4 Å². The van der Waals surface area contributed by atoms with Crippen LogP contribution in [0.3, 0.4) is 0 Å². The third-order valence-corrected chi connectivity index (χ3v) is 3.76. The fourth-order valence-electron chi connectivity index (χ4n) is 2.66. The summed E-state index contributed by atoms with van der Waals surface area (Å²) >= 11 is 0. The van der Waals surface area contributed by atoms with Gasteiger partial charge in [0.2, 0.25) is 0 Å². The topological polar surface area (TPSA) is 80.9 Å². The Morgan fingerprint density at radius 3 is 2.65 bits per heavy atom. The van der Waals surface area contributed by atoms with Gasteiger partial charge in [-0.2, -0.15) is 13.2 Å². The summed E-state index contributed by atoms with van der Waals surface area (Å²) in [6, 6.07) is -1.09. The molecule has 1 aliphatic carbocycles. The summed E-state index contributed by atoms with van der Waals surface area (Å²) in [5, 5.41) is 19.5. The number of aromatic nitrogens is 4. The first-order valence-corrected chi connectivity index (χ1v) is 6.39. The molecule has 0 radical (unpaired) electrons. The SMILES string of the molecule is CC(C(=O)O)n1nnnc1C1CCCCC1C(F)(F)F. The maximum absolute atomic E-state index is 13.1. The molecule has 20 heavy (non-hydrogen) atoms. The van der Waals surface area contributed by atoms with Gasteiger partial charge in [0, 0.05) is 5.92 Å². The third kappa shape index (κ3) is 2.75. The predicted octanol–water partition coefficient (Wildman–Crippen LogP) is 2.15. The smallest absolute Gasteiger partial charge is 0.392 e. The number of alkyl halides is 3. The molecule has 0 aromatic carbocycles. The zero-order valence-corrected chi connectivity index (χ0v) is 10.8. The van der Waals surface area contributed by atoms with Gasteiger partial charge in [0.25, 0.3) is 0 Å². The van der Waals surface area contributed by atoms with E-state index in [9.17, 15) is 18.0 Å². The van der Waals surface area contributed by atoms with Crippen LogP contribution in [0, 0.1) is 5.92 Å². The van der Waals surface area contributed by atoms with Crippen molar-refractivity contribution in [1.29, 1.82) is 0 Å². The van der Waals surface area contributed by atoms with Gasteiger partial charge in [-0.25, -0.2) is 9.48 Å². The molecule has 6 nitrogen and oxygen atoms in total. The Morgan fingerprint density at radius 2 is 2.05 bits per heavy atom. The minimum atomic E-state index is -4.33. The number of carboxylic acids is 1. The van der Waals surface area contributed by atoms with E-state index < -0.39 is 30.0 Å². The number of halogens is 3. The van der Waals surface area contributed by atoms with Gasteiger partial charge in [0.05, 0.1) is 5.92 Å². The van der Waals surface area contributed by atoms with Gasteiger partial charge in [0.15, 0.2) is 5.82 Å². The first-order valence-electron chi connectivity index (χ1n) is 6.39. The lowest BCUT2D eigenvalue weighted by atomic mass is 9.78. The molecule has 1 aromatic rings. The quantitative estimate of drug-likeness (QED) is 0.923. The molecule has 0 saturated heterocycles. The zero-order chi connectivity index (χ0) is 14.9. The highest BCUT2D eigenvalue weighted by atomic mass is 19.4. The molecule has 0 amide bonds. The second-order valence-electron chi connectivity index (χ2n) is 5.03. The third-order valence-electron chi connectivity index (χ3n) is 3.76. The lowest BCUT2D eigenvalue weighted by Gasteiger charge is -2.32. The van der Waals surface area contributed by atoms with Crippen LogP contribution in [0.25, 0.3) is 0 Å². The Balaban J connectivity index is 2.34. The average Bonchev–Trinajstić information content (AvgIpc) is 2.85. The largest absolute Gasteiger partial charge is 0.480 e. The molecule has 1 heterocycles. The number of rotatable bonds is 3. The van der Waals surface area contributed by atoms with Crippen LogP contribution >= 0.6 is 0 Å². The molecular weight excluding hydrogens is 277 g/mol. The molecule has 2 rings (SSSR count). The fraction of sp³-hybridized carbons (Fsp3) is 0.818. The molecule has 0 aliphatic heterocycles. The maximum atomic E-state index is 13.1. The van der Waals surface area contributed by atoms with Crippen molar-refractivity contribution in [2.75, 3.05) is 0 Å². The number of nitrogens with zero attached hydrogens (tertiary/aromatic N) is 4. The Hall–Kier alpha value is -1.67. The van der Waals surface area contributed by atoms with Crippen LogP contribution < -0.4 is 0 Å². The molecule has 1 saturated carbocycles. The summed E-state index contributed by atoms with van der Waals surface area (Å²) in [5.74, 6) is -3.55. The van der Waals surface area contributed by atoms with Crippen LogP contribution in [-0.4, -0.2) is 37.5 Å². The van der Waals surface area contributed by atoms with Crippen LogP contribution in [0.4, 0.5) is 13.2 Å². The minimum absolute atomic E-state index is 0.0157. The summed E-state index contributed by atoms with van der Waals surface area (Å²) in [6.45, 7) is 1.34. The van der Waals surface area contributed by atoms with Gasteiger partial charge in [-0.1, -0.05) is 12.8 Å². The molecule has 112 valence electrons. The first kappa shape index (κ1) is 14.7. The van der Waals surface area contributed by atoms with E-state index in [1.807, 2.05) is 0 Å². The van der Waals surface area contributed by atoms with Crippen LogP contribution in [-0.2, 0) is 4.79 Å². The molecule has 3 unspecified atom stereocenters. The van der Waals surface area contributed by atoms with Crippen molar-refractivity contribution in [3.05, 3.63) is 5.82 Å². The number of hydrogen-bond acceptors (Lipinski definition) is 4.